The number of nitrogens with zero attached hydrogens (tertiary/aromatic N) is 4. The van der Waals surface area contributed by atoms with Gasteiger partial charge in [-0.15, -0.1) is 0 Å². The van der Waals surface area contributed by atoms with Gasteiger partial charge in [-0.25, -0.2) is 0 Å². The average Bonchev–Trinajstić information content (AvgIpc) is 2.92. The maximum Gasteiger partial charge on any atom is 0.153 e. The predicted octanol–water partition coefficient (Wildman–Crippen LogP) is 2.14. The van der Waals surface area contributed by atoms with Gasteiger partial charge < -0.3 is 0 Å². The molecule has 0 aliphatic heterocycles. The number of hydrogen-bond acceptors (Lipinski definition) is 3. The molecule has 0 radical (unpaired) electrons. The minimum absolute atomic E-state index is 0.617. The molecule has 0 unspecified atom stereocenters. The van der Waals surface area contributed by atoms with Gasteiger partial charge in [-0.3, -0.25) is 14.2 Å². The fourth-order valence-electron chi connectivity index (χ4n) is 1.80. The summed E-state index contributed by atoms with van der Waals surface area (Å²) in [6.45, 7) is 5.18. The van der Waals surface area contributed by atoms with Crippen LogP contribution in [-0.2, 0) is 13.6 Å². The van der Waals surface area contributed by atoms with Crippen LogP contribution in [0.2, 0.25) is 0 Å². The molecule has 0 amide bonds. The van der Waals surface area contributed by atoms with E-state index in [1.165, 1.54) is 0 Å². The average molecular weight is 246 g/mol. The smallest absolute Gasteiger partial charge is 0.153 e. The van der Waals surface area contributed by atoms with Gasteiger partial charge in [0.2, 0.25) is 0 Å². The number of aromatic nitrogens is 4. The number of carbonyl (C=O) groups excluding carboxylic acids is 1. The molecule has 5 heteroatoms. The second kappa shape index (κ2) is 5.16. The van der Waals surface area contributed by atoms with Crippen molar-refractivity contribution in [3.63, 3.8) is 0 Å². The number of rotatable bonds is 5. The van der Waals surface area contributed by atoms with E-state index in [2.05, 4.69) is 24.0 Å². The van der Waals surface area contributed by atoms with E-state index in [4.69, 9.17) is 0 Å². The zero-order valence-electron chi connectivity index (χ0n) is 11.0. The van der Waals surface area contributed by atoms with Gasteiger partial charge >= 0.3 is 0 Å². The third-order valence-corrected chi connectivity index (χ3v) is 2.83. The second-order valence-electron chi connectivity index (χ2n) is 4.90. The molecule has 0 bridgehead atoms. The highest BCUT2D eigenvalue weighted by Crippen LogP contribution is 2.20. The summed E-state index contributed by atoms with van der Waals surface area (Å²) in [5, 5.41) is 8.57. The molecule has 2 rings (SSSR count). The first-order chi connectivity index (χ1) is 8.60. The lowest BCUT2D eigenvalue weighted by Gasteiger charge is -2.03. The lowest BCUT2D eigenvalue weighted by Crippen LogP contribution is -2.01. The van der Waals surface area contributed by atoms with Crippen molar-refractivity contribution in [1.29, 1.82) is 0 Å². The molecule has 18 heavy (non-hydrogen) atoms. The molecule has 0 atom stereocenters. The van der Waals surface area contributed by atoms with E-state index in [-0.39, 0.29) is 0 Å². The molecule has 0 aliphatic rings. The van der Waals surface area contributed by atoms with E-state index in [0.29, 0.717) is 17.2 Å². The summed E-state index contributed by atoms with van der Waals surface area (Å²) in [6.07, 6.45) is 7.29. The van der Waals surface area contributed by atoms with Crippen LogP contribution in [0.3, 0.4) is 0 Å². The van der Waals surface area contributed by atoms with Gasteiger partial charge in [0.15, 0.2) is 6.29 Å². The SMILES string of the molecule is CC(C)CCn1cc(C=O)c(-c2cnn(C)c2)n1. The van der Waals surface area contributed by atoms with Crippen molar-refractivity contribution < 1.29 is 4.79 Å². The van der Waals surface area contributed by atoms with E-state index in [0.717, 1.165) is 24.8 Å². The van der Waals surface area contributed by atoms with Gasteiger partial charge in [0.25, 0.3) is 0 Å². The maximum absolute atomic E-state index is 11.1. The third kappa shape index (κ3) is 2.67. The molecular weight excluding hydrogens is 228 g/mol. The first kappa shape index (κ1) is 12.5. The summed E-state index contributed by atoms with van der Waals surface area (Å²) in [5.41, 5.74) is 2.21. The lowest BCUT2D eigenvalue weighted by molar-refractivity contribution is 0.112. The van der Waals surface area contributed by atoms with Crippen molar-refractivity contribution >= 4 is 6.29 Å². The quantitative estimate of drug-likeness (QED) is 0.759. The summed E-state index contributed by atoms with van der Waals surface area (Å²) in [4.78, 5) is 11.1. The summed E-state index contributed by atoms with van der Waals surface area (Å²) < 4.78 is 3.54. The number of hydrogen-bond donors (Lipinski definition) is 0. The summed E-state index contributed by atoms with van der Waals surface area (Å²) in [5.74, 6) is 0.621. The first-order valence-electron chi connectivity index (χ1n) is 6.11. The van der Waals surface area contributed by atoms with Crippen LogP contribution in [0.5, 0.6) is 0 Å². The van der Waals surface area contributed by atoms with Gasteiger partial charge in [-0.2, -0.15) is 10.2 Å². The van der Waals surface area contributed by atoms with Gasteiger partial charge in [-0.05, 0) is 12.3 Å². The Hall–Kier alpha value is -1.91. The van der Waals surface area contributed by atoms with Crippen LogP contribution in [0.4, 0.5) is 0 Å². The van der Waals surface area contributed by atoms with Crippen LogP contribution < -0.4 is 0 Å². The standard InChI is InChI=1S/C13H18N4O/c1-10(2)4-5-17-8-12(9-18)13(15-17)11-6-14-16(3)7-11/h6-10H,4-5H2,1-3H3. The largest absolute Gasteiger partial charge is 0.298 e. The highest BCUT2D eigenvalue weighted by molar-refractivity contribution is 5.85. The fraction of sp³-hybridized carbons (Fsp3) is 0.462. The topological polar surface area (TPSA) is 52.7 Å². The number of aldehydes is 1. The van der Waals surface area contributed by atoms with Crippen LogP contribution in [0, 0.1) is 5.92 Å². The summed E-state index contributed by atoms with van der Waals surface area (Å²) in [6, 6.07) is 0. The summed E-state index contributed by atoms with van der Waals surface area (Å²) in [7, 11) is 1.85. The first-order valence-corrected chi connectivity index (χ1v) is 6.11. The molecule has 0 fully saturated rings. The van der Waals surface area contributed by atoms with Crippen LogP contribution in [0.25, 0.3) is 11.3 Å². The lowest BCUT2D eigenvalue weighted by atomic mass is 10.1. The van der Waals surface area contributed by atoms with E-state index < -0.39 is 0 Å². The molecule has 0 saturated heterocycles. The molecule has 96 valence electrons. The van der Waals surface area contributed by atoms with Crippen molar-refractivity contribution in [3.05, 3.63) is 24.2 Å². The molecule has 2 aromatic rings. The van der Waals surface area contributed by atoms with Crippen molar-refractivity contribution in [2.24, 2.45) is 13.0 Å². The Morgan fingerprint density at radius 2 is 2.17 bits per heavy atom. The minimum atomic E-state index is 0.617. The van der Waals surface area contributed by atoms with E-state index in [1.807, 2.05) is 17.9 Å². The van der Waals surface area contributed by atoms with Crippen LogP contribution in [-0.4, -0.2) is 25.8 Å². The number of aryl methyl sites for hydroxylation is 2. The number of carbonyl (C=O) groups is 1. The van der Waals surface area contributed by atoms with Gasteiger partial charge in [0.05, 0.1) is 11.8 Å². The van der Waals surface area contributed by atoms with Crippen molar-refractivity contribution in [1.82, 2.24) is 19.6 Å². The van der Waals surface area contributed by atoms with Crippen molar-refractivity contribution in [2.45, 2.75) is 26.8 Å². The second-order valence-corrected chi connectivity index (χ2v) is 4.90. The fourth-order valence-corrected chi connectivity index (χ4v) is 1.80. The highest BCUT2D eigenvalue weighted by atomic mass is 16.1. The Kier molecular flexibility index (Phi) is 3.60. The molecule has 0 N–H and O–H groups in total. The van der Waals surface area contributed by atoms with Crippen LogP contribution in [0.1, 0.15) is 30.6 Å². The van der Waals surface area contributed by atoms with Crippen LogP contribution in [0.15, 0.2) is 18.6 Å². The molecule has 0 saturated carbocycles. The van der Waals surface area contributed by atoms with Gasteiger partial charge in [0.1, 0.15) is 5.69 Å². The zero-order chi connectivity index (χ0) is 13.1. The maximum atomic E-state index is 11.1. The Labute approximate surface area is 106 Å². The predicted molar refractivity (Wildman–Crippen MR) is 69.3 cm³/mol. The van der Waals surface area contributed by atoms with Crippen molar-refractivity contribution in [2.75, 3.05) is 0 Å². The Morgan fingerprint density at radius 1 is 1.39 bits per heavy atom. The molecule has 5 nitrogen and oxygen atoms in total. The molecule has 2 aromatic heterocycles. The van der Waals surface area contributed by atoms with E-state index >= 15 is 0 Å². The Balaban J connectivity index is 2.27. The van der Waals surface area contributed by atoms with Gasteiger partial charge in [-0.1, -0.05) is 13.8 Å². The Morgan fingerprint density at radius 3 is 2.72 bits per heavy atom. The molecule has 2 heterocycles. The molecule has 0 spiro atoms. The normalized spacial score (nSPS) is 11.1. The summed E-state index contributed by atoms with van der Waals surface area (Å²) >= 11 is 0. The van der Waals surface area contributed by atoms with Crippen molar-refractivity contribution in [3.8, 4) is 11.3 Å². The monoisotopic (exact) mass is 246 g/mol. The van der Waals surface area contributed by atoms with E-state index in [9.17, 15) is 4.79 Å². The minimum Gasteiger partial charge on any atom is -0.298 e. The Bertz CT molecular complexity index is 539. The van der Waals surface area contributed by atoms with E-state index in [1.54, 1.807) is 17.1 Å². The highest BCUT2D eigenvalue weighted by Gasteiger charge is 2.12. The van der Waals surface area contributed by atoms with Crippen LogP contribution >= 0.6 is 0 Å². The molecule has 0 aromatic carbocycles. The third-order valence-electron chi connectivity index (χ3n) is 2.83. The molecule has 0 aliphatic carbocycles. The van der Waals surface area contributed by atoms with Gasteiger partial charge in [0, 0.05) is 31.5 Å². The molecular formula is C13H18N4O. The zero-order valence-corrected chi connectivity index (χ0v) is 11.0.